The van der Waals surface area contributed by atoms with Crippen LogP contribution in [0.2, 0.25) is 0 Å². The summed E-state index contributed by atoms with van der Waals surface area (Å²) in [5, 5.41) is 0. The lowest BCUT2D eigenvalue weighted by molar-refractivity contribution is -0.0589. The number of carbonyl (C=O) groups excluding carboxylic acids is 1. The summed E-state index contributed by atoms with van der Waals surface area (Å²) in [6, 6.07) is 13.2. The van der Waals surface area contributed by atoms with Gasteiger partial charge in [0.15, 0.2) is 0 Å². The first-order chi connectivity index (χ1) is 10.3. The second kappa shape index (κ2) is 6.86. The van der Waals surface area contributed by atoms with Gasteiger partial charge in [0.2, 0.25) is 0 Å². The zero-order valence-electron chi connectivity index (χ0n) is 12.7. The highest BCUT2D eigenvalue weighted by atomic mass is 79.9. The van der Waals surface area contributed by atoms with Gasteiger partial charge in [0.25, 0.3) is 5.91 Å². The molecule has 0 bridgehead atoms. The molecule has 0 heterocycles. The molecule has 2 aromatic carbocycles. The lowest BCUT2D eigenvalue weighted by atomic mass is 9.99. The van der Waals surface area contributed by atoms with Crippen molar-refractivity contribution in [3.05, 3.63) is 52.5 Å². The summed E-state index contributed by atoms with van der Waals surface area (Å²) in [5.74, 6) is -0.288. The number of thiol groups is 1. The summed E-state index contributed by atoms with van der Waals surface area (Å²) in [5.41, 5.74) is 4.29. The Balaban J connectivity index is 2.38. The molecule has 22 heavy (non-hydrogen) atoms. The van der Waals surface area contributed by atoms with E-state index < -0.39 is 5.60 Å². The highest BCUT2D eigenvalue weighted by Gasteiger charge is 2.18. The molecule has 0 aliphatic rings. The van der Waals surface area contributed by atoms with Crippen LogP contribution in [0.5, 0.6) is 0 Å². The number of nitrogens with one attached hydrogen (secondary N) is 1. The first-order valence-corrected chi connectivity index (χ1v) is 8.08. The maximum absolute atomic E-state index is 12.4. The van der Waals surface area contributed by atoms with Crippen LogP contribution in [-0.4, -0.2) is 11.5 Å². The molecule has 2 aromatic rings. The topological polar surface area (TPSA) is 38.3 Å². The Hall–Kier alpha value is -1.30. The molecular weight excluding hydrogens is 362 g/mol. The molecule has 0 radical (unpaired) electrons. The Morgan fingerprint density at radius 1 is 1.14 bits per heavy atom. The largest absolute Gasteiger partial charge is 0.275 e. The molecule has 0 fully saturated rings. The molecule has 0 aromatic heterocycles. The number of carbonyl (C=O) groups is 1. The van der Waals surface area contributed by atoms with E-state index in [9.17, 15) is 4.79 Å². The molecule has 2 rings (SSSR count). The molecular formula is C17H18BrNO2S. The minimum atomic E-state index is -0.452. The molecule has 0 spiro atoms. The fourth-order valence-corrected chi connectivity index (χ4v) is 2.50. The van der Waals surface area contributed by atoms with Crippen molar-refractivity contribution in [3.63, 3.8) is 0 Å². The Morgan fingerprint density at radius 3 is 2.36 bits per heavy atom. The monoisotopic (exact) mass is 379 g/mol. The van der Waals surface area contributed by atoms with E-state index in [1.54, 1.807) is 12.1 Å². The van der Waals surface area contributed by atoms with Crippen LogP contribution in [0.3, 0.4) is 0 Å². The molecule has 0 saturated carbocycles. The number of amides is 1. The van der Waals surface area contributed by atoms with Crippen molar-refractivity contribution >= 4 is 34.5 Å². The average molecular weight is 380 g/mol. The molecule has 0 aliphatic carbocycles. The van der Waals surface area contributed by atoms with Gasteiger partial charge in [-0.3, -0.25) is 9.63 Å². The van der Waals surface area contributed by atoms with Gasteiger partial charge < -0.3 is 0 Å². The number of rotatable bonds is 3. The standard InChI is InChI=1S/C17H18BrNO2S/c1-17(2,3)21-19-16(20)13-5-4-6-14(22)15(13)11-7-9-12(18)10-8-11/h4-10,22H,1-3H3,(H,19,20). The predicted octanol–water partition coefficient (Wildman–Crippen LogP) is 4.86. The zero-order valence-corrected chi connectivity index (χ0v) is 15.2. The first-order valence-electron chi connectivity index (χ1n) is 6.84. The van der Waals surface area contributed by atoms with Crippen molar-refractivity contribution in [1.82, 2.24) is 5.48 Å². The maximum atomic E-state index is 12.4. The number of hydrogen-bond acceptors (Lipinski definition) is 3. The quantitative estimate of drug-likeness (QED) is 0.589. The molecule has 5 heteroatoms. The van der Waals surface area contributed by atoms with Gasteiger partial charge in [-0.2, -0.15) is 0 Å². The SMILES string of the molecule is CC(C)(C)ONC(=O)c1cccc(S)c1-c1ccc(Br)cc1. The number of halogens is 1. The first kappa shape index (κ1) is 17.1. The van der Waals surface area contributed by atoms with Crippen LogP contribution in [0.1, 0.15) is 31.1 Å². The lowest BCUT2D eigenvalue weighted by Crippen LogP contribution is -2.33. The predicted molar refractivity (Wildman–Crippen MR) is 95.1 cm³/mol. The van der Waals surface area contributed by atoms with Crippen molar-refractivity contribution in [1.29, 1.82) is 0 Å². The third kappa shape index (κ3) is 4.35. The minimum absolute atomic E-state index is 0.288. The van der Waals surface area contributed by atoms with Gasteiger partial charge in [-0.15, -0.1) is 12.6 Å². The summed E-state index contributed by atoms with van der Waals surface area (Å²) in [6.45, 7) is 5.62. The highest BCUT2D eigenvalue weighted by molar-refractivity contribution is 9.10. The van der Waals surface area contributed by atoms with Gasteiger partial charge in [-0.1, -0.05) is 34.1 Å². The Morgan fingerprint density at radius 2 is 1.77 bits per heavy atom. The Labute approximate surface area is 144 Å². The van der Waals surface area contributed by atoms with Crippen molar-refractivity contribution in [2.24, 2.45) is 0 Å². The maximum Gasteiger partial charge on any atom is 0.275 e. The molecule has 116 valence electrons. The van der Waals surface area contributed by atoms with Crippen LogP contribution in [-0.2, 0) is 4.84 Å². The normalized spacial score (nSPS) is 11.3. The third-order valence-corrected chi connectivity index (χ3v) is 3.77. The van der Waals surface area contributed by atoms with Gasteiger partial charge in [-0.25, -0.2) is 5.48 Å². The second-order valence-electron chi connectivity index (χ2n) is 5.85. The van der Waals surface area contributed by atoms with Crippen LogP contribution in [0.25, 0.3) is 11.1 Å². The molecule has 0 atom stereocenters. The van der Waals surface area contributed by atoms with Crippen LogP contribution < -0.4 is 5.48 Å². The van der Waals surface area contributed by atoms with Crippen molar-refractivity contribution in [2.45, 2.75) is 31.3 Å². The van der Waals surface area contributed by atoms with E-state index in [2.05, 4.69) is 34.0 Å². The molecule has 0 unspecified atom stereocenters. The van der Waals surface area contributed by atoms with E-state index >= 15 is 0 Å². The fourth-order valence-electron chi connectivity index (χ4n) is 1.90. The van der Waals surface area contributed by atoms with Crippen molar-refractivity contribution in [2.75, 3.05) is 0 Å². The van der Waals surface area contributed by atoms with E-state index in [0.29, 0.717) is 5.56 Å². The molecule has 1 N–H and O–H groups in total. The Bertz CT molecular complexity index is 678. The van der Waals surface area contributed by atoms with Crippen molar-refractivity contribution in [3.8, 4) is 11.1 Å². The number of hydroxylamine groups is 1. The Kier molecular flexibility index (Phi) is 5.32. The van der Waals surface area contributed by atoms with Crippen LogP contribution >= 0.6 is 28.6 Å². The lowest BCUT2D eigenvalue weighted by Gasteiger charge is -2.20. The van der Waals surface area contributed by atoms with E-state index in [1.165, 1.54) is 0 Å². The van der Waals surface area contributed by atoms with Gasteiger partial charge in [0.1, 0.15) is 0 Å². The van der Waals surface area contributed by atoms with E-state index in [0.717, 1.165) is 20.5 Å². The molecule has 0 saturated heterocycles. The van der Waals surface area contributed by atoms with Gasteiger partial charge >= 0.3 is 0 Å². The van der Waals surface area contributed by atoms with E-state index in [1.807, 2.05) is 51.1 Å². The number of benzene rings is 2. The smallest absolute Gasteiger partial charge is 0.268 e. The minimum Gasteiger partial charge on any atom is -0.268 e. The van der Waals surface area contributed by atoms with Gasteiger partial charge in [0, 0.05) is 14.9 Å². The summed E-state index contributed by atoms with van der Waals surface area (Å²) in [6.07, 6.45) is 0. The van der Waals surface area contributed by atoms with Crippen LogP contribution in [0.15, 0.2) is 51.8 Å². The summed E-state index contributed by atoms with van der Waals surface area (Å²) < 4.78 is 0.981. The fraction of sp³-hybridized carbons (Fsp3) is 0.235. The number of hydrogen-bond donors (Lipinski definition) is 2. The molecule has 1 amide bonds. The van der Waals surface area contributed by atoms with Gasteiger partial charge in [0.05, 0.1) is 11.2 Å². The summed E-state index contributed by atoms with van der Waals surface area (Å²) in [7, 11) is 0. The highest BCUT2D eigenvalue weighted by Crippen LogP contribution is 2.31. The summed E-state index contributed by atoms with van der Waals surface area (Å²) in [4.78, 5) is 18.5. The van der Waals surface area contributed by atoms with Crippen molar-refractivity contribution < 1.29 is 9.63 Å². The van der Waals surface area contributed by atoms with E-state index in [4.69, 9.17) is 4.84 Å². The second-order valence-corrected chi connectivity index (χ2v) is 7.25. The average Bonchev–Trinajstić information content (AvgIpc) is 2.45. The zero-order chi connectivity index (χ0) is 16.3. The molecule has 0 aliphatic heterocycles. The van der Waals surface area contributed by atoms with Gasteiger partial charge in [-0.05, 0) is 50.6 Å². The summed E-state index contributed by atoms with van der Waals surface area (Å²) >= 11 is 7.90. The molecule has 3 nitrogen and oxygen atoms in total. The van der Waals surface area contributed by atoms with Crippen LogP contribution in [0, 0.1) is 0 Å². The van der Waals surface area contributed by atoms with Crippen LogP contribution in [0.4, 0.5) is 0 Å². The third-order valence-electron chi connectivity index (χ3n) is 2.87. The van der Waals surface area contributed by atoms with E-state index in [-0.39, 0.29) is 5.91 Å².